The van der Waals surface area contributed by atoms with Crippen molar-refractivity contribution in [3.05, 3.63) is 35.2 Å². The second-order valence-electron chi connectivity index (χ2n) is 12.6. The molecule has 4 aliphatic carbocycles. The number of benzene rings is 1. The van der Waals surface area contributed by atoms with Gasteiger partial charge in [0.1, 0.15) is 5.69 Å². The molecule has 0 unspecified atom stereocenters. The zero-order chi connectivity index (χ0) is 30.2. The number of piperidine rings is 1. The summed E-state index contributed by atoms with van der Waals surface area (Å²) in [6, 6.07) is 5.17. The van der Waals surface area contributed by atoms with Crippen molar-refractivity contribution in [1.82, 2.24) is 35.6 Å². The van der Waals surface area contributed by atoms with Crippen LogP contribution in [0.1, 0.15) is 73.1 Å². The van der Waals surface area contributed by atoms with Gasteiger partial charge in [0, 0.05) is 6.54 Å². The smallest absolute Gasteiger partial charge is 0.315 e. The maximum atomic E-state index is 13.4. The number of hydrogen-bond acceptors (Lipinski definition) is 12. The van der Waals surface area contributed by atoms with Gasteiger partial charge in [0.2, 0.25) is 11.6 Å². The molecular formula is C30H37N9O5. The Balaban J connectivity index is 1.04. The molecule has 0 spiro atoms. The molecule has 0 radical (unpaired) electrons. The molecule has 5 aliphatic rings. The van der Waals surface area contributed by atoms with Crippen LogP contribution in [-0.2, 0) is 11.3 Å². The fourth-order valence-electron chi connectivity index (χ4n) is 8.02. The Morgan fingerprint density at radius 1 is 1.07 bits per heavy atom. The van der Waals surface area contributed by atoms with E-state index in [1.165, 1.54) is 30.8 Å². The lowest BCUT2D eigenvalue weighted by molar-refractivity contribution is -0.152. The second kappa shape index (κ2) is 12.0. The first-order valence-corrected chi connectivity index (χ1v) is 15.4. The summed E-state index contributed by atoms with van der Waals surface area (Å²) in [5.74, 6) is 2.54. The number of carbonyl (C=O) groups is 2. The Morgan fingerprint density at radius 2 is 1.82 bits per heavy atom. The maximum Gasteiger partial charge on any atom is 0.315 e. The number of hydrazone groups is 1. The minimum atomic E-state index is -0.547. The molecule has 14 nitrogen and oxygen atoms in total. The lowest BCUT2D eigenvalue weighted by Gasteiger charge is -2.53. The first-order valence-electron chi connectivity index (χ1n) is 15.4. The molecule has 2 aromatic heterocycles. The van der Waals surface area contributed by atoms with Gasteiger partial charge in [-0.05, 0) is 116 Å². The van der Waals surface area contributed by atoms with Crippen LogP contribution in [0.5, 0.6) is 11.5 Å². The minimum Gasteiger partial charge on any atom is -0.493 e. The molecule has 8 rings (SSSR count). The normalized spacial score (nSPS) is 26.2. The van der Waals surface area contributed by atoms with E-state index < -0.39 is 5.91 Å². The molecule has 0 atom stereocenters. The Hall–Kier alpha value is -4.33. The molecule has 3 heterocycles. The number of carbonyl (C=O) groups excluding carboxylic acids is 2. The molecule has 1 aliphatic heterocycles. The standard InChI is InChI=1S/C30H37N9O5/c1-42-24-14-17(5-6-23(24)43-30(41)25-20-10-18-9-19(12-20)13-21(25)11-18)15-32-34-29(40)26-22(16-38-7-3-2-4-8-38)33-37-39(26)28-27(31)35-44-36-28/h5-6,14-15,18-21,25H,2-4,7-13,16H2,1H3,(H2,31,35)(H,34,40)/b32-15+. The number of anilines is 1. The summed E-state index contributed by atoms with van der Waals surface area (Å²) in [5, 5.41) is 19.9. The number of rotatable bonds is 9. The molecule has 3 aromatic rings. The van der Waals surface area contributed by atoms with E-state index in [9.17, 15) is 9.59 Å². The topological polar surface area (TPSA) is 176 Å². The van der Waals surface area contributed by atoms with Crippen molar-refractivity contribution in [1.29, 1.82) is 0 Å². The third kappa shape index (κ3) is 5.53. The summed E-state index contributed by atoms with van der Waals surface area (Å²) >= 11 is 0. The molecule has 4 saturated carbocycles. The Morgan fingerprint density at radius 3 is 2.50 bits per heavy atom. The molecule has 14 heteroatoms. The zero-order valence-corrected chi connectivity index (χ0v) is 24.7. The molecule has 1 aromatic carbocycles. The Bertz CT molecular complexity index is 1530. The van der Waals surface area contributed by atoms with E-state index in [0.29, 0.717) is 41.1 Å². The summed E-state index contributed by atoms with van der Waals surface area (Å²) in [5.41, 5.74) is 9.68. The highest BCUT2D eigenvalue weighted by molar-refractivity contribution is 5.95. The summed E-state index contributed by atoms with van der Waals surface area (Å²) in [7, 11) is 1.53. The summed E-state index contributed by atoms with van der Waals surface area (Å²) < 4.78 is 17.4. The summed E-state index contributed by atoms with van der Waals surface area (Å²) in [6.07, 6.45) is 10.7. The van der Waals surface area contributed by atoms with Crippen molar-refractivity contribution < 1.29 is 23.7 Å². The summed E-state index contributed by atoms with van der Waals surface area (Å²) in [6.45, 7) is 2.27. The van der Waals surface area contributed by atoms with Crippen molar-refractivity contribution in [2.45, 2.75) is 57.9 Å². The first-order chi connectivity index (χ1) is 21.5. The van der Waals surface area contributed by atoms with Crippen LogP contribution in [0, 0.1) is 29.6 Å². The van der Waals surface area contributed by atoms with Crippen LogP contribution in [0.25, 0.3) is 5.82 Å². The number of hydrogen-bond donors (Lipinski definition) is 2. The van der Waals surface area contributed by atoms with Crippen molar-refractivity contribution in [2.75, 3.05) is 25.9 Å². The van der Waals surface area contributed by atoms with Gasteiger partial charge in [-0.3, -0.25) is 14.5 Å². The maximum absolute atomic E-state index is 13.4. The number of nitrogens with one attached hydrogen (secondary N) is 1. The molecular weight excluding hydrogens is 566 g/mol. The monoisotopic (exact) mass is 603 g/mol. The molecule has 1 saturated heterocycles. The Labute approximate surface area is 254 Å². The molecule has 5 fully saturated rings. The van der Waals surface area contributed by atoms with Crippen molar-refractivity contribution in [2.24, 2.45) is 34.7 Å². The lowest BCUT2D eigenvalue weighted by atomic mass is 9.52. The van der Waals surface area contributed by atoms with Crippen molar-refractivity contribution in [3.63, 3.8) is 0 Å². The van der Waals surface area contributed by atoms with E-state index in [4.69, 9.17) is 19.8 Å². The lowest BCUT2D eigenvalue weighted by Crippen LogP contribution is -2.49. The summed E-state index contributed by atoms with van der Waals surface area (Å²) in [4.78, 5) is 28.9. The van der Waals surface area contributed by atoms with Gasteiger partial charge in [-0.1, -0.05) is 11.6 Å². The zero-order valence-electron chi connectivity index (χ0n) is 24.7. The predicted molar refractivity (Wildman–Crippen MR) is 157 cm³/mol. The minimum absolute atomic E-state index is 0.0202. The average Bonchev–Trinajstić information content (AvgIpc) is 3.63. The third-order valence-corrected chi connectivity index (χ3v) is 9.75. The van der Waals surface area contributed by atoms with Gasteiger partial charge in [-0.25, -0.2) is 10.1 Å². The van der Waals surface area contributed by atoms with Crippen LogP contribution in [0.4, 0.5) is 5.82 Å². The van der Waals surface area contributed by atoms with Crippen LogP contribution in [0.15, 0.2) is 27.9 Å². The first kappa shape index (κ1) is 28.4. The number of aromatic nitrogens is 5. The average molecular weight is 604 g/mol. The quantitative estimate of drug-likeness (QED) is 0.159. The highest BCUT2D eigenvalue weighted by atomic mass is 16.6. The van der Waals surface area contributed by atoms with E-state index in [0.717, 1.165) is 63.5 Å². The van der Waals surface area contributed by atoms with Crippen LogP contribution < -0.4 is 20.6 Å². The number of nitrogens with two attached hydrogens (primary N) is 1. The fourth-order valence-corrected chi connectivity index (χ4v) is 8.02. The van der Waals surface area contributed by atoms with Crippen LogP contribution >= 0.6 is 0 Å². The highest BCUT2D eigenvalue weighted by Gasteiger charge is 2.51. The second-order valence-corrected chi connectivity index (χ2v) is 12.6. The van der Waals surface area contributed by atoms with Gasteiger partial charge in [0.25, 0.3) is 5.91 Å². The van der Waals surface area contributed by atoms with Crippen molar-refractivity contribution in [3.8, 4) is 17.3 Å². The SMILES string of the molecule is COc1cc(/C=N/NC(=O)c2c(CN3CCCCC3)nnn2-c2nonc2N)ccc1OC(=O)C1C2CC3CC(C2)CC1C3. The number of nitrogens with zero attached hydrogens (tertiary/aromatic N) is 7. The van der Waals surface area contributed by atoms with Crippen LogP contribution in [0.3, 0.4) is 0 Å². The van der Waals surface area contributed by atoms with Gasteiger partial charge >= 0.3 is 5.97 Å². The van der Waals surface area contributed by atoms with E-state index >= 15 is 0 Å². The molecule has 232 valence electrons. The molecule has 3 N–H and O–H groups in total. The number of ether oxygens (including phenoxy) is 2. The number of esters is 1. The van der Waals surface area contributed by atoms with E-state index in [-0.39, 0.29) is 29.2 Å². The molecule has 1 amide bonds. The van der Waals surface area contributed by atoms with E-state index in [1.54, 1.807) is 18.2 Å². The Kier molecular flexibility index (Phi) is 7.75. The van der Waals surface area contributed by atoms with Gasteiger partial charge < -0.3 is 15.2 Å². The molecule has 44 heavy (non-hydrogen) atoms. The number of methoxy groups -OCH3 is 1. The number of amides is 1. The highest BCUT2D eigenvalue weighted by Crippen LogP contribution is 2.56. The van der Waals surface area contributed by atoms with Crippen molar-refractivity contribution >= 4 is 23.9 Å². The largest absolute Gasteiger partial charge is 0.493 e. The van der Waals surface area contributed by atoms with Gasteiger partial charge in [-0.2, -0.15) is 9.78 Å². The van der Waals surface area contributed by atoms with Crippen LogP contribution in [0.2, 0.25) is 0 Å². The molecule has 4 bridgehead atoms. The van der Waals surface area contributed by atoms with Crippen LogP contribution in [-0.4, -0.2) is 68.5 Å². The van der Waals surface area contributed by atoms with Gasteiger partial charge in [-0.15, -0.1) is 5.10 Å². The number of likely N-dealkylation sites (tertiary alicyclic amines) is 1. The third-order valence-electron chi connectivity index (χ3n) is 9.75. The fraction of sp³-hybridized carbons (Fsp3) is 0.567. The number of nitrogen functional groups attached to an aromatic ring is 1. The van der Waals surface area contributed by atoms with E-state index in [2.05, 4.69) is 36.1 Å². The van der Waals surface area contributed by atoms with Gasteiger partial charge in [0.15, 0.2) is 17.2 Å². The van der Waals surface area contributed by atoms with E-state index in [1.807, 2.05) is 0 Å². The predicted octanol–water partition coefficient (Wildman–Crippen LogP) is 2.97. The van der Waals surface area contributed by atoms with Gasteiger partial charge in [0.05, 0.1) is 19.2 Å².